The van der Waals surface area contributed by atoms with Crippen molar-refractivity contribution in [3.63, 3.8) is 0 Å². The van der Waals surface area contributed by atoms with Crippen LogP contribution in [-0.2, 0) is 8.46 Å². The summed E-state index contributed by atoms with van der Waals surface area (Å²) in [7, 11) is 1.75. The van der Waals surface area contributed by atoms with E-state index in [0.29, 0.717) is 11.8 Å². The molecule has 0 rings (SSSR count). The van der Waals surface area contributed by atoms with Gasteiger partial charge in [-0.3, -0.25) is 0 Å². The average molecular weight is 416 g/mol. The van der Waals surface area contributed by atoms with Crippen molar-refractivity contribution < 1.29 is 8.46 Å². The van der Waals surface area contributed by atoms with Crippen LogP contribution in [0.3, 0.4) is 0 Å². The molecule has 0 bridgehead atoms. The molecule has 0 aromatic carbocycles. The van der Waals surface area contributed by atoms with Crippen molar-refractivity contribution in [3.05, 3.63) is 0 Å². The van der Waals surface area contributed by atoms with Crippen LogP contribution in [0.5, 0.6) is 0 Å². The van der Waals surface area contributed by atoms with E-state index in [1.165, 1.54) is 0 Å². The van der Waals surface area contributed by atoms with Crippen LogP contribution in [0.4, 0.5) is 0 Å². The molecule has 0 amide bonds. The van der Waals surface area contributed by atoms with Gasteiger partial charge in [0.25, 0.3) is 0 Å². The molecule has 0 aliphatic carbocycles. The molecule has 5 heteroatoms. The fourth-order valence-corrected chi connectivity index (χ4v) is 0. The van der Waals surface area contributed by atoms with Gasteiger partial charge in [-0.1, -0.05) is 0 Å². The predicted octanol–water partition coefficient (Wildman–Crippen LogP) is 3.23. The van der Waals surface area contributed by atoms with E-state index in [0.717, 1.165) is 0 Å². The Morgan fingerprint density at radius 2 is 1.29 bits per heavy atom. The van der Waals surface area contributed by atoms with Crippen molar-refractivity contribution in [1.82, 2.24) is 0 Å². The van der Waals surface area contributed by atoms with Crippen LogP contribution < -0.4 is 0 Å². The van der Waals surface area contributed by atoms with Gasteiger partial charge in [-0.25, -0.2) is 0 Å². The second-order valence-electron chi connectivity index (χ2n) is 0.421. The second-order valence-corrected chi connectivity index (χ2v) is 9.13. The molecule has 0 aromatic heterocycles. The van der Waals surface area contributed by atoms with Gasteiger partial charge in [0.1, 0.15) is 0 Å². The Morgan fingerprint density at radius 3 is 1.29 bits per heavy atom. The second kappa shape index (κ2) is 15.8. The molecule has 0 aliphatic heterocycles. The quantitative estimate of drug-likeness (QED) is 0.350. The molecule has 0 aromatic rings. The summed E-state index contributed by atoms with van der Waals surface area (Å²) < 4.78 is 0. The number of rotatable bonds is 1. The van der Waals surface area contributed by atoms with E-state index < -0.39 is 0 Å². The molecule has 51 valence electrons. The first-order chi connectivity index (χ1) is 3.33. The first kappa shape index (κ1) is 12.3. The number of halogens is 4. The van der Waals surface area contributed by atoms with Gasteiger partial charge >= 0.3 is 49.1 Å². The molecule has 0 heterocycles. The van der Waals surface area contributed by atoms with Crippen LogP contribution in [0.1, 0.15) is 0 Å². The van der Waals surface area contributed by atoms with E-state index >= 15 is 0 Å². The summed E-state index contributed by atoms with van der Waals surface area (Å²) in [5.74, 6) is 1.11. The average Bonchev–Trinajstić information content (AvgIpc) is 1.69. The van der Waals surface area contributed by atoms with Crippen LogP contribution >= 0.6 is 63.9 Å². The molecular weight excluding hydrogens is 412 g/mol. The zero-order chi connectivity index (χ0) is 6.12. The van der Waals surface area contributed by atoms with Gasteiger partial charge in [0.15, 0.2) is 0 Å². The maximum atomic E-state index is 5.05. The van der Waals surface area contributed by atoms with Gasteiger partial charge in [-0.2, -0.15) is 0 Å². The summed E-state index contributed by atoms with van der Waals surface area (Å²) in [6.45, 7) is 0. The molecule has 0 fully saturated rings. The monoisotopic (exact) mass is 415 g/mol. The van der Waals surface area contributed by atoms with Crippen molar-refractivity contribution in [1.29, 1.82) is 0 Å². The van der Waals surface area contributed by atoms with Gasteiger partial charge < -0.3 is 0 Å². The Morgan fingerprint density at radius 1 is 1.14 bits per heavy atom. The van der Waals surface area contributed by atoms with Gasteiger partial charge in [0, 0.05) is 11.8 Å². The third-order valence-corrected chi connectivity index (χ3v) is 0.643. The first-order valence-corrected chi connectivity index (χ1v) is 8.41. The molecule has 0 aliphatic rings. The van der Waals surface area contributed by atoms with Gasteiger partial charge in [-0.15, -0.1) is 23.2 Å². The van der Waals surface area contributed by atoms with Crippen molar-refractivity contribution in [2.75, 3.05) is 11.8 Å². The Bertz CT molecular complexity index is 21.2. The molecule has 0 radical (unpaired) electrons. The number of hydrogen-bond acceptors (Lipinski definition) is 0. The summed E-state index contributed by atoms with van der Waals surface area (Å²) >= 11 is 14.5. The Balaban J connectivity index is 0. The Hall–Kier alpha value is 2.56. The standard InChI is InChI=1S/C2H4Cl2.Cu.2HI/c3-1-2-4;;;/h1-2H2;;2*1H/q;+2;;/p-2. The Kier molecular flexibility index (Phi) is 27.7. The van der Waals surface area contributed by atoms with E-state index in [-0.39, 0.29) is 0 Å². The van der Waals surface area contributed by atoms with Crippen LogP contribution in [0.15, 0.2) is 0 Å². The summed E-state index contributed by atoms with van der Waals surface area (Å²) in [5, 5.41) is 0. The summed E-state index contributed by atoms with van der Waals surface area (Å²) in [4.78, 5) is 0. The van der Waals surface area contributed by atoms with E-state index in [1.54, 1.807) is 8.46 Å². The molecule has 0 N–H and O–H groups in total. The molecule has 0 atom stereocenters. The Labute approximate surface area is 82.7 Å². The van der Waals surface area contributed by atoms with Crippen molar-refractivity contribution in [2.45, 2.75) is 0 Å². The zero-order valence-electron chi connectivity index (χ0n) is 3.23. The molecular formula is C2H4Cl2CuI2. The third-order valence-electron chi connectivity index (χ3n) is 0.0714. The molecule has 7 heavy (non-hydrogen) atoms. The molecule has 0 saturated heterocycles. The molecule has 0 saturated carbocycles. The van der Waals surface area contributed by atoms with E-state index in [9.17, 15) is 0 Å². The van der Waals surface area contributed by atoms with Crippen molar-refractivity contribution >= 4 is 63.9 Å². The normalized spacial score (nSPS) is 7.43. The van der Waals surface area contributed by atoms with Crippen LogP contribution in [0, 0.1) is 0 Å². The van der Waals surface area contributed by atoms with Crippen LogP contribution in [-0.4, -0.2) is 11.8 Å². The summed E-state index contributed by atoms with van der Waals surface area (Å²) in [6, 6.07) is 0. The van der Waals surface area contributed by atoms with E-state index in [1.807, 2.05) is 0 Å². The van der Waals surface area contributed by atoms with Crippen LogP contribution in [0.2, 0.25) is 0 Å². The van der Waals surface area contributed by atoms with Gasteiger partial charge in [-0.05, 0) is 0 Å². The predicted molar refractivity (Wildman–Crippen MR) is 49.5 cm³/mol. The summed E-state index contributed by atoms with van der Waals surface area (Å²) in [5.41, 5.74) is 0. The first-order valence-electron chi connectivity index (χ1n) is 1.26. The minimum absolute atomic E-state index is 0.557. The molecule has 0 spiro atoms. The summed E-state index contributed by atoms with van der Waals surface area (Å²) in [6.07, 6.45) is 0. The van der Waals surface area contributed by atoms with Crippen molar-refractivity contribution in [2.24, 2.45) is 0 Å². The minimum atomic E-state index is 0.557. The van der Waals surface area contributed by atoms with E-state index in [4.69, 9.17) is 23.2 Å². The maximum absolute atomic E-state index is 5.05. The third kappa shape index (κ3) is 29.1. The van der Waals surface area contributed by atoms with E-state index in [2.05, 4.69) is 40.7 Å². The zero-order valence-corrected chi connectivity index (χ0v) is 10.00. The molecule has 0 nitrogen and oxygen atoms in total. The topological polar surface area (TPSA) is 0 Å². The fourth-order valence-electron chi connectivity index (χ4n) is 0. The number of alkyl halides is 2. The SMILES string of the molecule is ClCCCl.[I][Cu][I]. The fraction of sp³-hybridized carbons (Fsp3) is 1.00. The molecule has 0 unspecified atom stereocenters. The van der Waals surface area contributed by atoms with Gasteiger partial charge in [0.05, 0.1) is 0 Å². The van der Waals surface area contributed by atoms with Crippen molar-refractivity contribution in [3.8, 4) is 0 Å². The van der Waals surface area contributed by atoms with Crippen LogP contribution in [0.25, 0.3) is 0 Å². The number of hydrogen-bond donors (Lipinski definition) is 0. The van der Waals surface area contributed by atoms with Gasteiger partial charge in [0.2, 0.25) is 0 Å².